The normalized spacial score (nSPS) is 11.9. The number of alkyl halides is 3. The fourth-order valence-corrected chi connectivity index (χ4v) is 2.09. The zero-order valence-corrected chi connectivity index (χ0v) is 11.7. The average Bonchev–Trinajstić information content (AvgIpc) is 3.04. The van der Waals surface area contributed by atoms with Crippen LogP contribution in [0.15, 0.2) is 34.9 Å². The van der Waals surface area contributed by atoms with Crippen molar-refractivity contribution in [1.82, 2.24) is 20.0 Å². The van der Waals surface area contributed by atoms with Crippen LogP contribution in [0.3, 0.4) is 0 Å². The fraction of sp³-hybridized carbons (Fsp3) is 0.214. The van der Waals surface area contributed by atoms with Gasteiger partial charge in [-0.2, -0.15) is 18.3 Å². The van der Waals surface area contributed by atoms with Crippen molar-refractivity contribution in [2.75, 3.05) is 0 Å². The molecule has 0 radical (unpaired) electrons. The van der Waals surface area contributed by atoms with Gasteiger partial charge < -0.3 is 4.42 Å². The number of halogens is 3. The Hall–Kier alpha value is -2.64. The van der Waals surface area contributed by atoms with Crippen LogP contribution in [0.1, 0.15) is 11.3 Å². The lowest BCUT2D eigenvalue weighted by atomic mass is 10.1. The van der Waals surface area contributed by atoms with Gasteiger partial charge in [0.15, 0.2) is 0 Å². The number of rotatable bonds is 2. The molecule has 5 nitrogen and oxygen atoms in total. The highest BCUT2D eigenvalue weighted by atomic mass is 19.4. The van der Waals surface area contributed by atoms with Crippen molar-refractivity contribution in [3.8, 4) is 22.9 Å². The zero-order chi connectivity index (χ0) is 15.9. The third-order valence-electron chi connectivity index (χ3n) is 3.11. The molecule has 0 atom stereocenters. The molecule has 3 rings (SSSR count). The van der Waals surface area contributed by atoms with Crippen molar-refractivity contribution in [3.63, 3.8) is 0 Å². The summed E-state index contributed by atoms with van der Waals surface area (Å²) in [6.45, 7) is 1.78. The standard InChI is InChI=1S/C14H11F3N4O/c1-8-11(7-21(2)20-8)13-19-18-12(22-13)9-4-3-5-10(6-9)14(15,16)17/h3-7H,1-2H3. The lowest BCUT2D eigenvalue weighted by Crippen LogP contribution is -2.04. The fourth-order valence-electron chi connectivity index (χ4n) is 2.09. The van der Waals surface area contributed by atoms with Gasteiger partial charge in [-0.25, -0.2) is 0 Å². The predicted molar refractivity (Wildman–Crippen MR) is 71.7 cm³/mol. The molecule has 2 heterocycles. The van der Waals surface area contributed by atoms with E-state index in [0.717, 1.165) is 12.1 Å². The first-order valence-corrected chi connectivity index (χ1v) is 6.36. The Morgan fingerprint density at radius 3 is 2.50 bits per heavy atom. The lowest BCUT2D eigenvalue weighted by Gasteiger charge is -2.06. The van der Waals surface area contributed by atoms with Gasteiger partial charge in [0, 0.05) is 18.8 Å². The molecule has 0 N–H and O–H groups in total. The molecule has 2 aromatic heterocycles. The van der Waals surface area contributed by atoms with Gasteiger partial charge >= 0.3 is 6.18 Å². The molecular formula is C14H11F3N4O. The first kappa shape index (κ1) is 14.3. The molecule has 114 valence electrons. The van der Waals surface area contributed by atoms with Crippen LogP contribution < -0.4 is 0 Å². The second-order valence-electron chi connectivity index (χ2n) is 4.79. The molecule has 0 fully saturated rings. The summed E-state index contributed by atoms with van der Waals surface area (Å²) in [6.07, 6.45) is -2.71. The number of nitrogens with zero attached hydrogens (tertiary/aromatic N) is 4. The van der Waals surface area contributed by atoms with Crippen molar-refractivity contribution in [2.24, 2.45) is 7.05 Å². The number of hydrogen-bond acceptors (Lipinski definition) is 4. The summed E-state index contributed by atoms with van der Waals surface area (Å²) >= 11 is 0. The summed E-state index contributed by atoms with van der Waals surface area (Å²) in [5.74, 6) is 0.252. The van der Waals surface area contributed by atoms with E-state index >= 15 is 0 Å². The van der Waals surface area contributed by atoms with Crippen molar-refractivity contribution in [3.05, 3.63) is 41.7 Å². The number of aromatic nitrogens is 4. The van der Waals surface area contributed by atoms with Crippen LogP contribution in [0.5, 0.6) is 0 Å². The third-order valence-corrected chi connectivity index (χ3v) is 3.11. The molecule has 0 aliphatic rings. The van der Waals surface area contributed by atoms with Crippen LogP contribution in [0.25, 0.3) is 22.9 Å². The van der Waals surface area contributed by atoms with E-state index < -0.39 is 11.7 Å². The maximum absolute atomic E-state index is 12.7. The van der Waals surface area contributed by atoms with E-state index in [-0.39, 0.29) is 17.3 Å². The lowest BCUT2D eigenvalue weighted by molar-refractivity contribution is -0.137. The first-order valence-electron chi connectivity index (χ1n) is 6.36. The van der Waals surface area contributed by atoms with E-state index in [1.165, 1.54) is 12.1 Å². The Bertz CT molecular complexity index is 820. The van der Waals surface area contributed by atoms with Crippen LogP contribution in [-0.2, 0) is 13.2 Å². The van der Waals surface area contributed by atoms with Crippen molar-refractivity contribution in [1.29, 1.82) is 0 Å². The zero-order valence-electron chi connectivity index (χ0n) is 11.7. The van der Waals surface area contributed by atoms with Gasteiger partial charge in [-0.15, -0.1) is 10.2 Å². The highest BCUT2D eigenvalue weighted by Crippen LogP contribution is 2.32. The minimum absolute atomic E-state index is 0.0318. The minimum Gasteiger partial charge on any atom is -0.416 e. The topological polar surface area (TPSA) is 56.7 Å². The average molecular weight is 308 g/mol. The SMILES string of the molecule is Cc1nn(C)cc1-c1nnc(-c2cccc(C(F)(F)F)c2)o1. The van der Waals surface area contributed by atoms with Gasteiger partial charge in [0.05, 0.1) is 16.8 Å². The Morgan fingerprint density at radius 2 is 1.86 bits per heavy atom. The molecule has 0 bridgehead atoms. The Labute approximate surface area is 123 Å². The van der Waals surface area contributed by atoms with Crippen LogP contribution in [0.4, 0.5) is 13.2 Å². The Balaban J connectivity index is 1.99. The van der Waals surface area contributed by atoms with E-state index in [1.54, 1.807) is 24.9 Å². The predicted octanol–water partition coefficient (Wildman–Crippen LogP) is 3.46. The van der Waals surface area contributed by atoms with Crippen LogP contribution >= 0.6 is 0 Å². The summed E-state index contributed by atoms with van der Waals surface area (Å²) in [7, 11) is 1.75. The summed E-state index contributed by atoms with van der Waals surface area (Å²) in [5.41, 5.74) is 0.799. The number of aryl methyl sites for hydroxylation is 2. The molecule has 0 spiro atoms. The molecule has 0 amide bonds. The van der Waals surface area contributed by atoms with E-state index in [4.69, 9.17) is 4.42 Å². The monoisotopic (exact) mass is 308 g/mol. The van der Waals surface area contributed by atoms with Gasteiger partial charge in [0.1, 0.15) is 0 Å². The van der Waals surface area contributed by atoms with E-state index in [1.807, 2.05) is 0 Å². The molecule has 0 saturated heterocycles. The molecule has 22 heavy (non-hydrogen) atoms. The third kappa shape index (κ3) is 2.59. The van der Waals surface area contributed by atoms with Crippen LogP contribution in [0.2, 0.25) is 0 Å². The molecule has 0 saturated carbocycles. The Kier molecular flexibility index (Phi) is 3.23. The van der Waals surface area contributed by atoms with E-state index in [9.17, 15) is 13.2 Å². The highest BCUT2D eigenvalue weighted by Gasteiger charge is 2.30. The molecule has 3 aromatic rings. The van der Waals surface area contributed by atoms with Gasteiger partial charge in [-0.1, -0.05) is 6.07 Å². The smallest absolute Gasteiger partial charge is 0.416 e. The Morgan fingerprint density at radius 1 is 1.14 bits per heavy atom. The van der Waals surface area contributed by atoms with Gasteiger partial charge in [-0.05, 0) is 25.1 Å². The first-order chi connectivity index (χ1) is 10.3. The number of benzene rings is 1. The maximum Gasteiger partial charge on any atom is 0.416 e. The summed E-state index contributed by atoms with van der Waals surface area (Å²) in [4.78, 5) is 0. The van der Waals surface area contributed by atoms with Gasteiger partial charge in [0.2, 0.25) is 5.89 Å². The van der Waals surface area contributed by atoms with E-state index in [2.05, 4.69) is 15.3 Å². The van der Waals surface area contributed by atoms with Gasteiger partial charge in [0.25, 0.3) is 5.89 Å². The quantitative estimate of drug-likeness (QED) is 0.727. The summed E-state index contributed by atoms with van der Waals surface area (Å²) < 4.78 is 45.3. The summed E-state index contributed by atoms with van der Waals surface area (Å²) in [5, 5.41) is 11.8. The van der Waals surface area contributed by atoms with Crippen molar-refractivity contribution < 1.29 is 17.6 Å². The molecule has 0 unspecified atom stereocenters. The van der Waals surface area contributed by atoms with Gasteiger partial charge in [-0.3, -0.25) is 4.68 Å². The maximum atomic E-state index is 12.7. The molecule has 0 aliphatic heterocycles. The van der Waals surface area contributed by atoms with Crippen molar-refractivity contribution in [2.45, 2.75) is 13.1 Å². The largest absolute Gasteiger partial charge is 0.416 e. The second-order valence-corrected chi connectivity index (χ2v) is 4.79. The van der Waals surface area contributed by atoms with Crippen LogP contribution in [0, 0.1) is 6.92 Å². The van der Waals surface area contributed by atoms with E-state index in [0.29, 0.717) is 11.3 Å². The van der Waals surface area contributed by atoms with Crippen LogP contribution in [-0.4, -0.2) is 20.0 Å². The highest BCUT2D eigenvalue weighted by molar-refractivity contribution is 5.59. The second kappa shape index (κ2) is 4.97. The molecule has 1 aromatic carbocycles. The molecule has 8 heteroatoms. The minimum atomic E-state index is -4.42. The molecule has 0 aliphatic carbocycles. The van der Waals surface area contributed by atoms with Crippen molar-refractivity contribution >= 4 is 0 Å². The molecular weight excluding hydrogens is 297 g/mol. The number of hydrogen-bond donors (Lipinski definition) is 0. The summed E-state index contributed by atoms with van der Waals surface area (Å²) in [6, 6.07) is 4.76.